The fraction of sp³-hybridized carbons (Fsp3) is 0.875. The molecule has 1 aliphatic rings. The average molecular weight is 187 g/mol. The third-order valence-corrected chi connectivity index (χ3v) is 2.59. The number of nitrogens with zero attached hydrogens (tertiary/aromatic N) is 1. The van der Waals surface area contributed by atoms with Crippen molar-refractivity contribution in [1.29, 1.82) is 0 Å². The highest BCUT2D eigenvalue weighted by Gasteiger charge is 2.19. The monoisotopic (exact) mass is 187 g/mol. The fourth-order valence-electron chi connectivity index (χ4n) is 1.71. The fourth-order valence-corrected chi connectivity index (χ4v) is 1.81. The molecule has 0 amide bonds. The minimum Gasteiger partial charge on any atom is -0.376 e. The van der Waals surface area contributed by atoms with Gasteiger partial charge in [0.05, 0.1) is 0 Å². The molecule has 4 heteroatoms. The van der Waals surface area contributed by atoms with Crippen LogP contribution in [0.2, 0.25) is 0 Å². The maximum Gasteiger partial charge on any atom is 0.163 e. The van der Waals surface area contributed by atoms with E-state index in [1.807, 2.05) is 0 Å². The second-order valence-corrected chi connectivity index (χ2v) is 3.80. The Bertz CT molecular complexity index is 160. The second kappa shape index (κ2) is 4.62. The van der Waals surface area contributed by atoms with Crippen molar-refractivity contribution < 1.29 is 0 Å². The Hall–Kier alpha value is -0.350. The topological polar surface area (TPSA) is 41.3 Å². The van der Waals surface area contributed by atoms with E-state index < -0.39 is 0 Å². The predicted octanol–water partition coefficient (Wildman–Crippen LogP) is 0.304. The molecular weight excluding hydrogens is 170 g/mol. The van der Waals surface area contributed by atoms with Gasteiger partial charge in [-0.2, -0.15) is 0 Å². The molecule has 1 saturated heterocycles. The number of rotatable bonds is 3. The van der Waals surface area contributed by atoms with Crippen LogP contribution in [-0.4, -0.2) is 36.2 Å². The molecule has 0 aliphatic carbocycles. The van der Waals surface area contributed by atoms with E-state index in [1.165, 1.54) is 19.4 Å². The molecule has 0 saturated carbocycles. The van der Waals surface area contributed by atoms with E-state index in [2.05, 4.69) is 17.3 Å². The van der Waals surface area contributed by atoms with Crippen molar-refractivity contribution in [1.82, 2.24) is 10.2 Å². The van der Waals surface area contributed by atoms with Gasteiger partial charge in [-0.15, -0.1) is 0 Å². The summed E-state index contributed by atoms with van der Waals surface area (Å²) in [6.45, 7) is 2.14. The van der Waals surface area contributed by atoms with Crippen molar-refractivity contribution in [3.8, 4) is 0 Å². The minimum absolute atomic E-state index is 0.413. The van der Waals surface area contributed by atoms with Gasteiger partial charge in [0.2, 0.25) is 0 Å². The van der Waals surface area contributed by atoms with Crippen LogP contribution in [0, 0.1) is 0 Å². The van der Waals surface area contributed by atoms with Crippen molar-refractivity contribution in [3.63, 3.8) is 0 Å². The van der Waals surface area contributed by atoms with Crippen LogP contribution in [0.15, 0.2) is 0 Å². The highest BCUT2D eigenvalue weighted by molar-refractivity contribution is 7.80. The molecule has 1 atom stereocenters. The zero-order valence-electron chi connectivity index (χ0n) is 7.55. The van der Waals surface area contributed by atoms with Crippen LogP contribution in [0.1, 0.15) is 19.3 Å². The summed E-state index contributed by atoms with van der Waals surface area (Å²) in [6, 6.07) is 0.729. The number of thiocarbonyl (C=S) groups is 1. The third kappa shape index (κ3) is 2.95. The first-order valence-electron chi connectivity index (χ1n) is 4.43. The molecule has 0 aromatic carbocycles. The highest BCUT2D eigenvalue weighted by atomic mass is 32.1. The number of hydrogen-bond acceptors (Lipinski definition) is 2. The SMILES string of the molecule is CN1CCCC1CCNC(N)=S. The normalized spacial score (nSPS) is 24.2. The lowest BCUT2D eigenvalue weighted by Crippen LogP contribution is -2.34. The molecule has 1 rings (SSSR count). The standard InChI is InChI=1S/C8H17N3S/c1-11-6-2-3-7(11)4-5-10-8(9)12/h7H,2-6H2,1H3,(H3,9,10,12). The van der Waals surface area contributed by atoms with Crippen molar-refractivity contribution in [2.45, 2.75) is 25.3 Å². The molecule has 0 aromatic heterocycles. The molecule has 3 nitrogen and oxygen atoms in total. The predicted molar refractivity (Wildman–Crippen MR) is 55.1 cm³/mol. The summed E-state index contributed by atoms with van der Waals surface area (Å²) < 4.78 is 0. The first kappa shape index (κ1) is 9.74. The van der Waals surface area contributed by atoms with Crippen molar-refractivity contribution in [2.75, 3.05) is 20.1 Å². The summed E-state index contributed by atoms with van der Waals surface area (Å²) in [7, 11) is 2.18. The van der Waals surface area contributed by atoms with Crippen molar-refractivity contribution in [2.24, 2.45) is 5.73 Å². The smallest absolute Gasteiger partial charge is 0.163 e. The lowest BCUT2D eigenvalue weighted by Gasteiger charge is -2.19. The molecule has 0 radical (unpaired) electrons. The van der Waals surface area contributed by atoms with E-state index in [0.29, 0.717) is 5.11 Å². The zero-order chi connectivity index (χ0) is 8.97. The summed E-state index contributed by atoms with van der Waals surface area (Å²) in [5.41, 5.74) is 5.32. The van der Waals surface area contributed by atoms with Crippen molar-refractivity contribution in [3.05, 3.63) is 0 Å². The van der Waals surface area contributed by atoms with E-state index in [4.69, 9.17) is 18.0 Å². The Balaban J connectivity index is 2.10. The average Bonchev–Trinajstić information content (AvgIpc) is 2.36. The Morgan fingerprint density at radius 3 is 3.00 bits per heavy atom. The Labute approximate surface area is 79.3 Å². The van der Waals surface area contributed by atoms with Gasteiger partial charge in [0.25, 0.3) is 0 Å². The van der Waals surface area contributed by atoms with Gasteiger partial charge >= 0.3 is 0 Å². The maximum absolute atomic E-state index is 5.32. The molecule has 0 bridgehead atoms. The summed E-state index contributed by atoms with van der Waals surface area (Å²) in [6.07, 6.45) is 3.79. The minimum atomic E-state index is 0.413. The molecule has 3 N–H and O–H groups in total. The Morgan fingerprint density at radius 2 is 2.50 bits per heavy atom. The second-order valence-electron chi connectivity index (χ2n) is 3.36. The number of nitrogens with two attached hydrogens (primary N) is 1. The van der Waals surface area contributed by atoms with Gasteiger partial charge in [-0.1, -0.05) is 0 Å². The summed E-state index contributed by atoms with van der Waals surface area (Å²) in [5.74, 6) is 0. The van der Waals surface area contributed by atoms with Gasteiger partial charge in [-0.3, -0.25) is 0 Å². The lowest BCUT2D eigenvalue weighted by molar-refractivity contribution is 0.297. The third-order valence-electron chi connectivity index (χ3n) is 2.45. The molecule has 1 unspecified atom stereocenters. The Kier molecular flexibility index (Phi) is 3.75. The van der Waals surface area contributed by atoms with E-state index in [0.717, 1.165) is 19.0 Å². The molecule has 0 aromatic rings. The van der Waals surface area contributed by atoms with E-state index in [-0.39, 0.29) is 0 Å². The van der Waals surface area contributed by atoms with Crippen LogP contribution >= 0.6 is 12.2 Å². The van der Waals surface area contributed by atoms with Gasteiger partial charge < -0.3 is 16.0 Å². The number of likely N-dealkylation sites (tertiary alicyclic amines) is 1. The molecule has 70 valence electrons. The van der Waals surface area contributed by atoms with E-state index in [1.54, 1.807) is 0 Å². The van der Waals surface area contributed by atoms with Gasteiger partial charge in [-0.05, 0) is 45.1 Å². The van der Waals surface area contributed by atoms with Gasteiger partial charge in [0, 0.05) is 12.6 Å². The van der Waals surface area contributed by atoms with Crippen LogP contribution in [0.25, 0.3) is 0 Å². The van der Waals surface area contributed by atoms with Crippen molar-refractivity contribution >= 4 is 17.3 Å². The molecule has 1 aliphatic heterocycles. The van der Waals surface area contributed by atoms with E-state index in [9.17, 15) is 0 Å². The van der Waals surface area contributed by atoms with Crippen LogP contribution in [0.3, 0.4) is 0 Å². The molecule has 1 fully saturated rings. The summed E-state index contributed by atoms with van der Waals surface area (Å²) >= 11 is 4.72. The summed E-state index contributed by atoms with van der Waals surface area (Å²) in [5, 5.41) is 3.39. The van der Waals surface area contributed by atoms with Gasteiger partial charge in [0.1, 0.15) is 0 Å². The largest absolute Gasteiger partial charge is 0.376 e. The maximum atomic E-state index is 5.32. The van der Waals surface area contributed by atoms with Gasteiger partial charge in [-0.25, -0.2) is 0 Å². The van der Waals surface area contributed by atoms with Gasteiger partial charge in [0.15, 0.2) is 5.11 Å². The zero-order valence-corrected chi connectivity index (χ0v) is 8.36. The molecular formula is C8H17N3S. The highest BCUT2D eigenvalue weighted by Crippen LogP contribution is 2.16. The first-order chi connectivity index (χ1) is 5.70. The Morgan fingerprint density at radius 1 is 1.75 bits per heavy atom. The van der Waals surface area contributed by atoms with Crippen LogP contribution in [0.5, 0.6) is 0 Å². The quantitative estimate of drug-likeness (QED) is 0.624. The molecule has 1 heterocycles. The summed E-state index contributed by atoms with van der Waals surface area (Å²) in [4.78, 5) is 2.40. The lowest BCUT2D eigenvalue weighted by atomic mass is 10.1. The number of nitrogens with one attached hydrogen (secondary N) is 1. The number of hydrogen-bond donors (Lipinski definition) is 2. The first-order valence-corrected chi connectivity index (χ1v) is 4.84. The van der Waals surface area contributed by atoms with E-state index >= 15 is 0 Å². The molecule has 0 spiro atoms. The van der Waals surface area contributed by atoms with Crippen LogP contribution in [-0.2, 0) is 0 Å². The molecule has 12 heavy (non-hydrogen) atoms. The van der Waals surface area contributed by atoms with Crippen LogP contribution in [0.4, 0.5) is 0 Å². The van der Waals surface area contributed by atoms with Crippen LogP contribution < -0.4 is 11.1 Å².